The van der Waals surface area contributed by atoms with Crippen molar-refractivity contribution in [2.45, 2.75) is 4.90 Å². The lowest BCUT2D eigenvalue weighted by atomic mass is 10.2. The topological polar surface area (TPSA) is 76.9 Å². The fraction of sp³-hybridized carbons (Fsp3) is 0. The van der Waals surface area contributed by atoms with E-state index in [1.54, 1.807) is 59.5 Å². The highest BCUT2D eigenvalue weighted by Gasteiger charge is 2.18. The van der Waals surface area contributed by atoms with Crippen molar-refractivity contribution in [3.63, 3.8) is 0 Å². The lowest BCUT2D eigenvalue weighted by Crippen LogP contribution is -2.13. The fourth-order valence-electron chi connectivity index (χ4n) is 2.61. The van der Waals surface area contributed by atoms with E-state index in [1.165, 1.54) is 0 Å². The predicted molar refractivity (Wildman–Crippen MR) is 96.1 cm³/mol. The smallest absolute Gasteiger partial charge is 0.264 e. The van der Waals surface area contributed by atoms with Crippen LogP contribution in [-0.4, -0.2) is 23.2 Å². The van der Waals surface area contributed by atoms with Gasteiger partial charge in [0.1, 0.15) is 4.90 Å². The van der Waals surface area contributed by atoms with Crippen LogP contribution in [0, 0.1) is 0 Å². The SMILES string of the molecule is O=S(=O)(Nc1ccc(-n2cccn2)cc1)c1cccc2cccnc12. The molecule has 0 fully saturated rings. The summed E-state index contributed by atoms with van der Waals surface area (Å²) >= 11 is 0. The van der Waals surface area contributed by atoms with Gasteiger partial charge in [-0.2, -0.15) is 5.10 Å². The van der Waals surface area contributed by atoms with E-state index in [4.69, 9.17) is 0 Å². The van der Waals surface area contributed by atoms with E-state index in [0.717, 1.165) is 11.1 Å². The summed E-state index contributed by atoms with van der Waals surface area (Å²) in [5.74, 6) is 0. The number of aromatic nitrogens is 3. The monoisotopic (exact) mass is 350 g/mol. The number of hydrogen-bond donors (Lipinski definition) is 1. The second kappa shape index (κ2) is 6.03. The zero-order chi connectivity index (χ0) is 17.3. The molecule has 0 spiro atoms. The molecule has 124 valence electrons. The maximum atomic E-state index is 12.8. The van der Waals surface area contributed by atoms with Gasteiger partial charge in [0.05, 0.1) is 11.2 Å². The number of benzene rings is 2. The minimum Gasteiger partial charge on any atom is -0.280 e. The van der Waals surface area contributed by atoms with Crippen LogP contribution < -0.4 is 4.72 Å². The van der Waals surface area contributed by atoms with Crippen molar-refractivity contribution in [1.29, 1.82) is 0 Å². The first-order valence-corrected chi connectivity index (χ1v) is 9.08. The number of hydrogen-bond acceptors (Lipinski definition) is 4. The van der Waals surface area contributed by atoms with Crippen molar-refractivity contribution in [3.8, 4) is 5.69 Å². The van der Waals surface area contributed by atoms with Crippen molar-refractivity contribution in [1.82, 2.24) is 14.8 Å². The number of rotatable bonds is 4. The third-order valence-corrected chi connectivity index (χ3v) is 5.19. The summed E-state index contributed by atoms with van der Waals surface area (Å²) in [4.78, 5) is 4.36. The van der Waals surface area contributed by atoms with Crippen molar-refractivity contribution in [2.24, 2.45) is 0 Å². The molecule has 2 aromatic heterocycles. The standard InChI is InChI=1S/C18H14N4O2S/c23-25(24,17-6-1-4-14-5-2-11-19-18(14)17)21-15-7-9-16(10-8-15)22-13-3-12-20-22/h1-13,21H. The highest BCUT2D eigenvalue weighted by atomic mass is 32.2. The van der Waals surface area contributed by atoms with Gasteiger partial charge in [-0.15, -0.1) is 0 Å². The van der Waals surface area contributed by atoms with E-state index < -0.39 is 10.0 Å². The van der Waals surface area contributed by atoms with Crippen LogP contribution >= 0.6 is 0 Å². The molecule has 2 heterocycles. The van der Waals surface area contributed by atoms with Crippen molar-refractivity contribution < 1.29 is 8.42 Å². The van der Waals surface area contributed by atoms with Crippen LogP contribution in [0.5, 0.6) is 0 Å². The number of para-hydroxylation sites is 1. The van der Waals surface area contributed by atoms with Crippen LogP contribution in [0.3, 0.4) is 0 Å². The Balaban J connectivity index is 1.67. The van der Waals surface area contributed by atoms with Gasteiger partial charge >= 0.3 is 0 Å². The number of anilines is 1. The molecule has 6 nitrogen and oxygen atoms in total. The van der Waals surface area contributed by atoms with Gasteiger partial charge in [-0.05, 0) is 42.5 Å². The van der Waals surface area contributed by atoms with E-state index in [9.17, 15) is 8.42 Å². The summed E-state index contributed by atoms with van der Waals surface area (Å²) < 4.78 is 29.8. The summed E-state index contributed by atoms with van der Waals surface area (Å²) in [6, 6.07) is 17.5. The van der Waals surface area contributed by atoms with E-state index in [2.05, 4.69) is 14.8 Å². The molecule has 0 amide bonds. The van der Waals surface area contributed by atoms with Gasteiger partial charge in [-0.3, -0.25) is 9.71 Å². The van der Waals surface area contributed by atoms with Gasteiger partial charge in [0.2, 0.25) is 0 Å². The first-order valence-electron chi connectivity index (χ1n) is 7.60. The van der Waals surface area contributed by atoms with E-state index in [1.807, 2.05) is 24.4 Å². The van der Waals surface area contributed by atoms with Crippen LogP contribution in [0.2, 0.25) is 0 Å². The first kappa shape index (κ1) is 15.3. The molecule has 25 heavy (non-hydrogen) atoms. The second-order valence-electron chi connectivity index (χ2n) is 5.43. The van der Waals surface area contributed by atoms with Crippen LogP contribution in [0.25, 0.3) is 16.6 Å². The Morgan fingerprint density at radius 1 is 0.880 bits per heavy atom. The Morgan fingerprint density at radius 3 is 2.44 bits per heavy atom. The van der Waals surface area contributed by atoms with Crippen molar-refractivity contribution >= 4 is 26.6 Å². The average Bonchev–Trinajstić information content (AvgIpc) is 3.16. The van der Waals surface area contributed by atoms with E-state index >= 15 is 0 Å². The Labute approximate surface area is 144 Å². The lowest BCUT2D eigenvalue weighted by molar-refractivity contribution is 0.602. The number of nitrogens with zero attached hydrogens (tertiary/aromatic N) is 3. The predicted octanol–water partition coefficient (Wildman–Crippen LogP) is 3.22. The summed E-state index contributed by atoms with van der Waals surface area (Å²) in [5.41, 5.74) is 1.77. The number of pyridine rings is 1. The summed E-state index contributed by atoms with van der Waals surface area (Å²) in [5, 5.41) is 4.92. The first-order chi connectivity index (χ1) is 12.1. The highest BCUT2D eigenvalue weighted by Crippen LogP contribution is 2.23. The molecule has 0 saturated heterocycles. The van der Waals surface area contributed by atoms with Crippen LogP contribution in [0.1, 0.15) is 0 Å². The number of sulfonamides is 1. The van der Waals surface area contributed by atoms with E-state index in [-0.39, 0.29) is 4.90 Å². The van der Waals surface area contributed by atoms with Gasteiger partial charge in [0, 0.05) is 29.7 Å². The molecule has 0 aliphatic rings. The quantitative estimate of drug-likeness (QED) is 0.613. The molecule has 4 rings (SSSR count). The van der Waals surface area contributed by atoms with Gasteiger partial charge in [-0.1, -0.05) is 18.2 Å². The molecule has 2 aromatic carbocycles. The third kappa shape index (κ3) is 2.97. The molecule has 1 N–H and O–H groups in total. The van der Waals surface area contributed by atoms with Gasteiger partial charge in [-0.25, -0.2) is 13.1 Å². The molecule has 0 aliphatic heterocycles. The van der Waals surface area contributed by atoms with Crippen LogP contribution in [0.15, 0.2) is 84.1 Å². The van der Waals surface area contributed by atoms with Crippen LogP contribution in [0.4, 0.5) is 5.69 Å². The average molecular weight is 350 g/mol. The molecular formula is C18H14N4O2S. The maximum absolute atomic E-state index is 12.8. The molecule has 0 radical (unpaired) electrons. The van der Waals surface area contributed by atoms with Gasteiger partial charge < -0.3 is 0 Å². The zero-order valence-corrected chi connectivity index (χ0v) is 13.9. The summed E-state index contributed by atoms with van der Waals surface area (Å²) in [6.45, 7) is 0. The zero-order valence-electron chi connectivity index (χ0n) is 13.1. The fourth-order valence-corrected chi connectivity index (χ4v) is 3.85. The normalized spacial score (nSPS) is 11.5. The summed E-state index contributed by atoms with van der Waals surface area (Å²) in [6.07, 6.45) is 5.09. The minimum absolute atomic E-state index is 0.154. The Bertz CT molecular complexity index is 1120. The van der Waals surface area contributed by atoms with E-state index in [0.29, 0.717) is 11.2 Å². The number of nitrogens with one attached hydrogen (secondary N) is 1. The molecular weight excluding hydrogens is 336 g/mol. The van der Waals surface area contributed by atoms with Gasteiger partial charge in [0.25, 0.3) is 10.0 Å². The Hall–Kier alpha value is -3.19. The largest absolute Gasteiger partial charge is 0.280 e. The number of fused-ring (bicyclic) bond motifs is 1. The van der Waals surface area contributed by atoms with Crippen LogP contribution in [-0.2, 0) is 10.0 Å². The second-order valence-corrected chi connectivity index (χ2v) is 7.09. The molecule has 0 saturated carbocycles. The van der Waals surface area contributed by atoms with Crippen molar-refractivity contribution in [3.05, 3.63) is 79.3 Å². The Kier molecular flexibility index (Phi) is 3.70. The molecule has 0 aliphatic carbocycles. The maximum Gasteiger partial charge on any atom is 0.264 e. The minimum atomic E-state index is -3.74. The molecule has 0 atom stereocenters. The third-order valence-electron chi connectivity index (χ3n) is 3.77. The molecule has 0 bridgehead atoms. The Morgan fingerprint density at radius 2 is 1.68 bits per heavy atom. The van der Waals surface area contributed by atoms with Gasteiger partial charge in [0.15, 0.2) is 0 Å². The highest BCUT2D eigenvalue weighted by molar-refractivity contribution is 7.93. The van der Waals surface area contributed by atoms with Crippen molar-refractivity contribution in [2.75, 3.05) is 4.72 Å². The molecule has 0 unspecified atom stereocenters. The molecule has 7 heteroatoms. The lowest BCUT2D eigenvalue weighted by Gasteiger charge is -2.10. The molecule has 4 aromatic rings. The summed E-state index contributed by atoms with van der Waals surface area (Å²) in [7, 11) is -3.74.